The molecular weight excluding hydrogens is 438 g/mol. The second-order valence-corrected chi connectivity index (χ2v) is 8.97. The third-order valence-electron chi connectivity index (χ3n) is 5.03. The normalized spacial score (nSPS) is 15.1. The van der Waals surface area contributed by atoms with Crippen LogP contribution in [0.5, 0.6) is 0 Å². The highest BCUT2D eigenvalue weighted by atomic mass is 32.2. The molecule has 0 unspecified atom stereocenters. The lowest BCUT2D eigenvalue weighted by Crippen LogP contribution is -2.30. The van der Waals surface area contributed by atoms with Gasteiger partial charge in [0.15, 0.2) is 0 Å². The van der Waals surface area contributed by atoms with Crippen molar-refractivity contribution < 1.29 is 30.8 Å². The number of nitrogens with zero attached hydrogens (tertiary/aromatic N) is 1. The van der Waals surface area contributed by atoms with Crippen LogP contribution in [-0.2, 0) is 16.2 Å². The van der Waals surface area contributed by atoms with E-state index in [0.29, 0.717) is 18.8 Å². The van der Waals surface area contributed by atoms with Gasteiger partial charge in [-0.25, -0.2) is 17.5 Å². The highest BCUT2D eigenvalue weighted by Crippen LogP contribution is 2.36. The minimum atomic E-state index is -4.63. The number of alkyl halides is 3. The van der Waals surface area contributed by atoms with Crippen LogP contribution in [0, 0.1) is 5.82 Å². The van der Waals surface area contributed by atoms with E-state index in [1.54, 1.807) is 0 Å². The van der Waals surface area contributed by atoms with Crippen molar-refractivity contribution >= 4 is 27.3 Å². The number of benzene rings is 2. The lowest BCUT2D eigenvalue weighted by Gasteiger charge is -2.31. The van der Waals surface area contributed by atoms with E-state index in [1.165, 1.54) is 6.07 Å². The van der Waals surface area contributed by atoms with Crippen LogP contribution in [0.25, 0.3) is 0 Å². The minimum absolute atomic E-state index is 0.122. The van der Waals surface area contributed by atoms with Gasteiger partial charge in [-0.15, -0.1) is 0 Å². The molecule has 1 aliphatic heterocycles. The second-order valence-electron chi connectivity index (χ2n) is 7.08. The Balaban J connectivity index is 2.00. The summed E-state index contributed by atoms with van der Waals surface area (Å²) >= 11 is 0. The van der Waals surface area contributed by atoms with Crippen molar-refractivity contribution in [2.24, 2.45) is 0 Å². The van der Waals surface area contributed by atoms with Crippen LogP contribution >= 0.6 is 0 Å². The Morgan fingerprint density at radius 3 is 2.32 bits per heavy atom. The van der Waals surface area contributed by atoms with Gasteiger partial charge in [0.1, 0.15) is 5.82 Å². The van der Waals surface area contributed by atoms with Crippen molar-refractivity contribution in [2.75, 3.05) is 30.4 Å². The SMILES string of the molecule is CNS(=O)(=O)c1ccc(F)c(C(=O)Nc2cc(C(F)(F)F)ccc2N2CCCCC2)c1. The Morgan fingerprint density at radius 2 is 1.71 bits per heavy atom. The molecule has 31 heavy (non-hydrogen) atoms. The number of rotatable bonds is 5. The van der Waals surface area contributed by atoms with Crippen molar-refractivity contribution in [1.82, 2.24) is 4.72 Å². The van der Waals surface area contributed by atoms with Crippen LogP contribution in [0.2, 0.25) is 0 Å². The molecule has 0 aliphatic carbocycles. The average Bonchev–Trinajstić information content (AvgIpc) is 2.73. The van der Waals surface area contributed by atoms with E-state index in [9.17, 15) is 30.8 Å². The molecule has 0 bridgehead atoms. The first-order chi connectivity index (χ1) is 14.5. The molecule has 2 aromatic carbocycles. The number of carbonyl (C=O) groups excluding carboxylic acids is 1. The number of hydrogen-bond donors (Lipinski definition) is 2. The number of sulfonamides is 1. The molecule has 168 valence electrons. The molecule has 0 atom stereocenters. The third kappa shape index (κ3) is 5.16. The zero-order valence-corrected chi connectivity index (χ0v) is 17.4. The fourth-order valence-corrected chi connectivity index (χ4v) is 4.13. The van der Waals surface area contributed by atoms with E-state index in [1.807, 2.05) is 4.90 Å². The summed E-state index contributed by atoms with van der Waals surface area (Å²) < 4.78 is 79.9. The molecule has 6 nitrogen and oxygen atoms in total. The molecule has 0 radical (unpaired) electrons. The monoisotopic (exact) mass is 459 g/mol. The molecule has 0 saturated carbocycles. The van der Waals surface area contributed by atoms with E-state index >= 15 is 0 Å². The van der Waals surface area contributed by atoms with Gasteiger partial charge in [-0.3, -0.25) is 4.79 Å². The van der Waals surface area contributed by atoms with Crippen LogP contribution in [0.3, 0.4) is 0 Å². The largest absolute Gasteiger partial charge is 0.416 e. The second kappa shape index (κ2) is 8.83. The van der Waals surface area contributed by atoms with Gasteiger partial charge in [0, 0.05) is 13.1 Å². The molecule has 0 spiro atoms. The first-order valence-electron chi connectivity index (χ1n) is 9.53. The summed E-state index contributed by atoms with van der Waals surface area (Å²) in [5, 5.41) is 2.34. The predicted molar refractivity (Wildman–Crippen MR) is 108 cm³/mol. The summed E-state index contributed by atoms with van der Waals surface area (Å²) in [6, 6.07) is 5.65. The number of halogens is 4. The van der Waals surface area contributed by atoms with Gasteiger partial charge in [0.25, 0.3) is 5.91 Å². The Hall–Kier alpha value is -2.66. The zero-order chi connectivity index (χ0) is 22.8. The van der Waals surface area contributed by atoms with Crippen molar-refractivity contribution in [1.29, 1.82) is 0 Å². The van der Waals surface area contributed by atoms with Gasteiger partial charge in [0.05, 0.1) is 27.4 Å². The summed E-state index contributed by atoms with van der Waals surface area (Å²) in [7, 11) is -2.79. The number of piperidine rings is 1. The number of carbonyl (C=O) groups is 1. The molecule has 1 fully saturated rings. The van der Waals surface area contributed by atoms with Crippen LogP contribution < -0.4 is 14.9 Å². The maximum absolute atomic E-state index is 14.3. The lowest BCUT2D eigenvalue weighted by molar-refractivity contribution is -0.137. The first-order valence-corrected chi connectivity index (χ1v) is 11.0. The maximum atomic E-state index is 14.3. The van der Waals surface area contributed by atoms with E-state index in [0.717, 1.165) is 56.6 Å². The summed E-state index contributed by atoms with van der Waals surface area (Å²) in [5.41, 5.74) is -1.29. The van der Waals surface area contributed by atoms with E-state index in [4.69, 9.17) is 0 Å². The average molecular weight is 459 g/mol. The van der Waals surface area contributed by atoms with Gasteiger partial charge in [0.2, 0.25) is 10.0 Å². The molecule has 1 amide bonds. The van der Waals surface area contributed by atoms with E-state index in [-0.39, 0.29) is 10.6 Å². The van der Waals surface area contributed by atoms with Gasteiger partial charge in [-0.2, -0.15) is 13.2 Å². The Labute approximate surface area is 177 Å². The van der Waals surface area contributed by atoms with Gasteiger partial charge < -0.3 is 10.2 Å². The van der Waals surface area contributed by atoms with Crippen LogP contribution in [0.4, 0.5) is 28.9 Å². The molecule has 1 aliphatic rings. The lowest BCUT2D eigenvalue weighted by atomic mass is 10.1. The molecule has 11 heteroatoms. The molecule has 1 saturated heterocycles. The first kappa shape index (κ1) is 23.0. The van der Waals surface area contributed by atoms with Crippen molar-refractivity contribution in [3.8, 4) is 0 Å². The Morgan fingerprint density at radius 1 is 1.03 bits per heavy atom. The summed E-state index contributed by atoms with van der Waals surface area (Å²) in [6.45, 7) is 1.22. The summed E-state index contributed by atoms with van der Waals surface area (Å²) in [4.78, 5) is 14.2. The van der Waals surface area contributed by atoms with Crippen LogP contribution in [0.1, 0.15) is 35.2 Å². The summed E-state index contributed by atoms with van der Waals surface area (Å²) in [6.07, 6.45) is -1.93. The summed E-state index contributed by atoms with van der Waals surface area (Å²) in [5.74, 6) is -2.05. The van der Waals surface area contributed by atoms with Gasteiger partial charge >= 0.3 is 6.18 Å². The van der Waals surface area contributed by atoms with Crippen LogP contribution in [-0.4, -0.2) is 34.5 Å². The molecular formula is C20H21F4N3O3S. The highest BCUT2D eigenvalue weighted by molar-refractivity contribution is 7.89. The van der Waals surface area contributed by atoms with Gasteiger partial charge in [-0.1, -0.05) is 0 Å². The number of hydrogen-bond acceptors (Lipinski definition) is 4. The fraction of sp³-hybridized carbons (Fsp3) is 0.350. The Bertz CT molecular complexity index is 1080. The van der Waals surface area contributed by atoms with Crippen molar-refractivity contribution in [3.05, 3.63) is 53.3 Å². The predicted octanol–water partition coefficient (Wildman–Crippen LogP) is 4.00. The Kier molecular flexibility index (Phi) is 6.56. The molecule has 2 aromatic rings. The highest BCUT2D eigenvalue weighted by Gasteiger charge is 2.32. The molecule has 0 aromatic heterocycles. The van der Waals surface area contributed by atoms with Crippen molar-refractivity contribution in [2.45, 2.75) is 30.3 Å². The molecule has 1 heterocycles. The topological polar surface area (TPSA) is 78.5 Å². The minimum Gasteiger partial charge on any atom is -0.370 e. The number of amides is 1. The van der Waals surface area contributed by atoms with Crippen molar-refractivity contribution in [3.63, 3.8) is 0 Å². The quantitative estimate of drug-likeness (QED) is 0.663. The smallest absolute Gasteiger partial charge is 0.370 e. The number of anilines is 2. The zero-order valence-electron chi connectivity index (χ0n) is 16.6. The third-order valence-corrected chi connectivity index (χ3v) is 6.44. The fourth-order valence-electron chi connectivity index (χ4n) is 3.38. The van der Waals surface area contributed by atoms with E-state index in [2.05, 4.69) is 10.0 Å². The molecule has 2 N–H and O–H groups in total. The standard InChI is InChI=1S/C20H21F4N3O3S/c1-25-31(29,30)14-6-7-16(21)15(12-14)19(28)26-17-11-13(20(22,23)24)5-8-18(17)27-9-3-2-4-10-27/h5-8,11-12,25H,2-4,9-10H2,1H3,(H,26,28). The van der Waals surface area contributed by atoms with Crippen LogP contribution in [0.15, 0.2) is 41.3 Å². The van der Waals surface area contributed by atoms with E-state index < -0.39 is 39.1 Å². The number of nitrogens with one attached hydrogen (secondary N) is 2. The molecule has 3 rings (SSSR count). The maximum Gasteiger partial charge on any atom is 0.416 e. The van der Waals surface area contributed by atoms with Gasteiger partial charge in [-0.05, 0) is 62.7 Å².